The van der Waals surface area contributed by atoms with E-state index in [-0.39, 0.29) is 24.5 Å². The molecule has 0 bridgehead atoms. The van der Waals surface area contributed by atoms with Gasteiger partial charge in [-0.25, -0.2) is 0 Å². The number of rotatable bonds is 10. The van der Waals surface area contributed by atoms with Crippen LogP contribution in [0.15, 0.2) is 46.9 Å². The molecule has 2 aromatic carbocycles. The van der Waals surface area contributed by atoms with Crippen LogP contribution in [-0.2, 0) is 16.1 Å². The van der Waals surface area contributed by atoms with Gasteiger partial charge in [0, 0.05) is 17.6 Å². The Labute approximate surface area is 198 Å². The molecule has 0 spiro atoms. The number of nitrogens with one attached hydrogen (secondary N) is 1. The summed E-state index contributed by atoms with van der Waals surface area (Å²) < 4.78 is 6.41. The van der Waals surface area contributed by atoms with Gasteiger partial charge in [-0.05, 0) is 66.4 Å². The predicted octanol–water partition coefficient (Wildman–Crippen LogP) is 5.51. The Morgan fingerprint density at radius 3 is 2.52 bits per heavy atom. The second kappa shape index (κ2) is 12.1. The minimum Gasteiger partial charge on any atom is -0.483 e. The van der Waals surface area contributed by atoms with E-state index >= 15 is 0 Å². The first-order valence-electron chi connectivity index (χ1n) is 10.5. The van der Waals surface area contributed by atoms with Crippen LogP contribution >= 0.6 is 27.5 Å². The Kier molecular flexibility index (Phi) is 9.85. The van der Waals surface area contributed by atoms with Crippen molar-refractivity contribution in [1.82, 2.24) is 10.2 Å². The zero-order valence-electron chi connectivity index (χ0n) is 18.5. The highest BCUT2D eigenvalue weighted by atomic mass is 79.9. The standard InChI is InChI=1S/C24H30BrClN2O3/c1-5-17(4)27-24(30)21(6-2)28(14-18-9-7-8-16(3)12-18)23(29)15-31-22-11-10-19(26)13-20(22)25/h7-13,17,21H,5-6,14-15H2,1-4H3,(H,27,30). The van der Waals surface area contributed by atoms with Gasteiger partial charge in [-0.1, -0.05) is 55.3 Å². The first-order valence-corrected chi connectivity index (χ1v) is 11.6. The van der Waals surface area contributed by atoms with Crippen molar-refractivity contribution in [3.05, 3.63) is 63.1 Å². The zero-order chi connectivity index (χ0) is 23.0. The average Bonchev–Trinajstić information content (AvgIpc) is 2.72. The van der Waals surface area contributed by atoms with Gasteiger partial charge in [0.2, 0.25) is 5.91 Å². The first-order chi connectivity index (χ1) is 14.7. The Morgan fingerprint density at radius 2 is 1.90 bits per heavy atom. The molecule has 0 aromatic heterocycles. The van der Waals surface area contributed by atoms with Crippen LogP contribution in [0.5, 0.6) is 5.75 Å². The smallest absolute Gasteiger partial charge is 0.261 e. The Balaban J connectivity index is 2.23. The highest BCUT2D eigenvalue weighted by molar-refractivity contribution is 9.10. The van der Waals surface area contributed by atoms with Crippen LogP contribution in [0.1, 0.15) is 44.7 Å². The monoisotopic (exact) mass is 508 g/mol. The molecular weight excluding hydrogens is 480 g/mol. The second-order valence-corrected chi connectivity index (χ2v) is 8.91. The lowest BCUT2D eigenvalue weighted by Gasteiger charge is -2.31. The summed E-state index contributed by atoms with van der Waals surface area (Å²) in [5, 5.41) is 3.58. The quantitative estimate of drug-likeness (QED) is 0.459. The van der Waals surface area contributed by atoms with E-state index in [2.05, 4.69) is 21.2 Å². The van der Waals surface area contributed by atoms with Gasteiger partial charge in [0.25, 0.3) is 5.91 Å². The maximum absolute atomic E-state index is 13.2. The van der Waals surface area contributed by atoms with Gasteiger partial charge >= 0.3 is 0 Å². The van der Waals surface area contributed by atoms with Crippen LogP contribution in [0, 0.1) is 6.92 Å². The molecule has 2 amide bonds. The van der Waals surface area contributed by atoms with E-state index in [9.17, 15) is 9.59 Å². The fourth-order valence-corrected chi connectivity index (χ4v) is 3.98. The summed E-state index contributed by atoms with van der Waals surface area (Å²) in [5.41, 5.74) is 2.07. The van der Waals surface area contributed by atoms with Crippen LogP contribution in [0.2, 0.25) is 5.02 Å². The van der Waals surface area contributed by atoms with Gasteiger partial charge in [-0.15, -0.1) is 0 Å². The maximum Gasteiger partial charge on any atom is 0.261 e. The number of carbonyl (C=O) groups is 2. The van der Waals surface area contributed by atoms with Crippen molar-refractivity contribution in [3.8, 4) is 5.75 Å². The van der Waals surface area contributed by atoms with Gasteiger partial charge in [0.1, 0.15) is 11.8 Å². The van der Waals surface area contributed by atoms with E-state index in [1.807, 2.05) is 52.0 Å². The van der Waals surface area contributed by atoms with E-state index in [1.165, 1.54) is 0 Å². The molecule has 2 atom stereocenters. The highest BCUT2D eigenvalue weighted by Crippen LogP contribution is 2.28. The van der Waals surface area contributed by atoms with Crippen molar-refractivity contribution in [3.63, 3.8) is 0 Å². The number of carbonyl (C=O) groups excluding carboxylic acids is 2. The summed E-state index contributed by atoms with van der Waals surface area (Å²) in [6.45, 7) is 8.03. The molecule has 31 heavy (non-hydrogen) atoms. The number of nitrogens with zero attached hydrogens (tertiary/aromatic N) is 1. The van der Waals surface area contributed by atoms with Crippen LogP contribution in [-0.4, -0.2) is 35.4 Å². The lowest BCUT2D eigenvalue weighted by molar-refractivity contribution is -0.143. The summed E-state index contributed by atoms with van der Waals surface area (Å²) in [4.78, 5) is 27.8. The Hall–Kier alpha value is -2.05. The predicted molar refractivity (Wildman–Crippen MR) is 128 cm³/mol. The third-order valence-electron chi connectivity index (χ3n) is 5.07. The summed E-state index contributed by atoms with van der Waals surface area (Å²) >= 11 is 9.37. The van der Waals surface area contributed by atoms with Crippen molar-refractivity contribution in [2.75, 3.05) is 6.61 Å². The molecule has 1 N–H and O–H groups in total. The van der Waals surface area contributed by atoms with Crippen molar-refractivity contribution >= 4 is 39.3 Å². The van der Waals surface area contributed by atoms with Crippen LogP contribution in [0.4, 0.5) is 0 Å². The van der Waals surface area contributed by atoms with Gasteiger partial charge in [-0.2, -0.15) is 0 Å². The third-order valence-corrected chi connectivity index (χ3v) is 5.92. The molecule has 0 saturated heterocycles. The molecule has 0 saturated carbocycles. The number of halogens is 2. The Morgan fingerprint density at radius 1 is 1.16 bits per heavy atom. The van der Waals surface area contributed by atoms with E-state index in [0.717, 1.165) is 17.5 Å². The molecule has 0 aliphatic heterocycles. The van der Waals surface area contributed by atoms with Crippen molar-refractivity contribution in [2.24, 2.45) is 0 Å². The van der Waals surface area contributed by atoms with E-state index in [0.29, 0.717) is 28.2 Å². The van der Waals surface area contributed by atoms with Crippen LogP contribution < -0.4 is 10.1 Å². The number of aryl methyl sites for hydroxylation is 1. The summed E-state index contributed by atoms with van der Waals surface area (Å²) in [5.74, 6) is 0.116. The second-order valence-electron chi connectivity index (χ2n) is 7.62. The van der Waals surface area contributed by atoms with Crippen LogP contribution in [0.3, 0.4) is 0 Å². The lowest BCUT2D eigenvalue weighted by Crippen LogP contribution is -2.51. The minimum absolute atomic E-state index is 0.0405. The molecule has 2 unspecified atom stereocenters. The molecular formula is C24H30BrClN2O3. The fourth-order valence-electron chi connectivity index (χ4n) is 3.18. The Bertz CT molecular complexity index is 906. The summed E-state index contributed by atoms with van der Waals surface area (Å²) in [7, 11) is 0. The average molecular weight is 510 g/mol. The van der Waals surface area contributed by atoms with E-state index in [1.54, 1.807) is 23.1 Å². The topological polar surface area (TPSA) is 58.6 Å². The molecule has 0 aliphatic rings. The van der Waals surface area contributed by atoms with Crippen LogP contribution in [0.25, 0.3) is 0 Å². The van der Waals surface area contributed by atoms with Crippen molar-refractivity contribution in [1.29, 1.82) is 0 Å². The van der Waals surface area contributed by atoms with E-state index in [4.69, 9.17) is 16.3 Å². The first kappa shape index (κ1) is 25.2. The van der Waals surface area contributed by atoms with Gasteiger partial charge in [0.05, 0.1) is 4.47 Å². The van der Waals surface area contributed by atoms with Gasteiger partial charge in [0.15, 0.2) is 6.61 Å². The number of benzene rings is 2. The lowest BCUT2D eigenvalue weighted by atomic mass is 10.1. The third kappa shape index (κ3) is 7.54. The molecule has 2 aromatic rings. The number of hydrogen-bond donors (Lipinski definition) is 1. The van der Waals surface area contributed by atoms with Gasteiger partial charge in [-0.3, -0.25) is 9.59 Å². The maximum atomic E-state index is 13.2. The summed E-state index contributed by atoms with van der Waals surface area (Å²) in [6, 6.07) is 12.5. The van der Waals surface area contributed by atoms with E-state index < -0.39 is 6.04 Å². The number of ether oxygens (including phenoxy) is 1. The molecule has 0 radical (unpaired) electrons. The molecule has 2 rings (SSSR count). The number of amides is 2. The largest absolute Gasteiger partial charge is 0.483 e. The molecule has 0 heterocycles. The molecule has 7 heteroatoms. The molecule has 0 aliphatic carbocycles. The molecule has 168 valence electrons. The normalized spacial score (nSPS) is 12.7. The van der Waals surface area contributed by atoms with Crippen molar-refractivity contribution < 1.29 is 14.3 Å². The molecule has 5 nitrogen and oxygen atoms in total. The minimum atomic E-state index is -0.584. The fraction of sp³-hybridized carbons (Fsp3) is 0.417. The van der Waals surface area contributed by atoms with Crippen molar-refractivity contribution in [2.45, 2.75) is 59.2 Å². The number of hydrogen-bond acceptors (Lipinski definition) is 3. The highest BCUT2D eigenvalue weighted by Gasteiger charge is 2.29. The zero-order valence-corrected chi connectivity index (χ0v) is 20.8. The SMILES string of the molecule is CCC(C)NC(=O)C(CC)N(Cc1cccc(C)c1)C(=O)COc1ccc(Cl)cc1Br. The summed E-state index contributed by atoms with van der Waals surface area (Å²) in [6.07, 6.45) is 1.33. The molecule has 0 fully saturated rings. The van der Waals surface area contributed by atoms with Gasteiger partial charge < -0.3 is 15.0 Å².